The predicted molar refractivity (Wildman–Crippen MR) is 56.3 cm³/mol. The van der Waals surface area contributed by atoms with Gasteiger partial charge in [-0.2, -0.15) is 0 Å². The van der Waals surface area contributed by atoms with Gasteiger partial charge in [0.05, 0.1) is 6.61 Å². The van der Waals surface area contributed by atoms with Crippen LogP contribution in [0, 0.1) is 0 Å². The van der Waals surface area contributed by atoms with E-state index in [1.165, 1.54) is 19.3 Å². The lowest BCUT2D eigenvalue weighted by molar-refractivity contribution is 0.0834. The van der Waals surface area contributed by atoms with E-state index in [0.717, 1.165) is 19.4 Å². The van der Waals surface area contributed by atoms with Crippen molar-refractivity contribution in [3.05, 3.63) is 0 Å². The molecule has 0 N–H and O–H groups in total. The number of carbonyl (C=O) groups is 1. The van der Waals surface area contributed by atoms with Crippen molar-refractivity contribution in [2.75, 3.05) is 13.2 Å². The van der Waals surface area contributed by atoms with Gasteiger partial charge in [0.15, 0.2) is 0 Å². The van der Waals surface area contributed by atoms with Crippen molar-refractivity contribution in [1.82, 2.24) is 4.90 Å². The highest BCUT2D eigenvalue weighted by Gasteiger charge is 2.24. The maximum Gasteiger partial charge on any atom is 0.409 e. The van der Waals surface area contributed by atoms with E-state index < -0.39 is 0 Å². The molecule has 1 aliphatic carbocycles. The summed E-state index contributed by atoms with van der Waals surface area (Å²) in [6, 6.07) is 0.424. The van der Waals surface area contributed by atoms with Crippen LogP contribution in [0.4, 0.5) is 4.79 Å². The Hall–Kier alpha value is -0.730. The monoisotopic (exact) mass is 199 g/mol. The van der Waals surface area contributed by atoms with Gasteiger partial charge in [0, 0.05) is 12.6 Å². The molecular formula is C11H21NO2. The highest BCUT2D eigenvalue weighted by Crippen LogP contribution is 2.22. The first-order valence-electron chi connectivity index (χ1n) is 5.73. The molecule has 0 aromatic rings. The molecule has 3 heteroatoms. The normalized spacial score (nSPS) is 17.9. The molecule has 0 heterocycles. The molecular weight excluding hydrogens is 178 g/mol. The van der Waals surface area contributed by atoms with E-state index in [9.17, 15) is 4.79 Å². The Balaban J connectivity index is 2.46. The lowest BCUT2D eigenvalue weighted by Gasteiger charge is -2.32. The number of hydrogen-bond acceptors (Lipinski definition) is 2. The van der Waals surface area contributed by atoms with Crippen molar-refractivity contribution < 1.29 is 9.53 Å². The Morgan fingerprint density at radius 1 is 1.29 bits per heavy atom. The van der Waals surface area contributed by atoms with Crippen LogP contribution in [-0.4, -0.2) is 30.2 Å². The molecule has 14 heavy (non-hydrogen) atoms. The summed E-state index contributed by atoms with van der Waals surface area (Å²) in [6.45, 7) is 5.11. The minimum Gasteiger partial charge on any atom is -0.450 e. The number of amides is 1. The van der Waals surface area contributed by atoms with Gasteiger partial charge >= 0.3 is 6.09 Å². The maximum atomic E-state index is 11.6. The number of hydrogen-bond donors (Lipinski definition) is 0. The van der Waals surface area contributed by atoms with Crippen molar-refractivity contribution in [3.63, 3.8) is 0 Å². The summed E-state index contributed by atoms with van der Waals surface area (Å²) in [5, 5.41) is 0. The van der Waals surface area contributed by atoms with Gasteiger partial charge in [-0.3, -0.25) is 0 Å². The molecule has 1 rings (SSSR count). The molecule has 0 saturated heterocycles. The van der Waals surface area contributed by atoms with Gasteiger partial charge in [-0.05, 0) is 26.7 Å². The van der Waals surface area contributed by atoms with Gasteiger partial charge in [0.1, 0.15) is 0 Å². The third-order valence-corrected chi connectivity index (χ3v) is 2.86. The number of nitrogens with zero attached hydrogens (tertiary/aromatic N) is 1. The summed E-state index contributed by atoms with van der Waals surface area (Å²) in [5.74, 6) is 0. The first-order valence-corrected chi connectivity index (χ1v) is 5.73. The Kier molecular flexibility index (Phi) is 4.77. The van der Waals surface area contributed by atoms with Crippen LogP contribution in [0.3, 0.4) is 0 Å². The van der Waals surface area contributed by atoms with Gasteiger partial charge in [0.25, 0.3) is 0 Å². The van der Waals surface area contributed by atoms with Gasteiger partial charge in [0.2, 0.25) is 0 Å². The standard InChI is InChI=1S/C11H21NO2/c1-3-12(11(13)14-4-2)10-8-6-5-7-9-10/h10H,3-9H2,1-2H3. The molecule has 0 atom stereocenters. The van der Waals surface area contributed by atoms with Gasteiger partial charge in [-0.1, -0.05) is 19.3 Å². The van der Waals surface area contributed by atoms with Crippen LogP contribution < -0.4 is 0 Å². The summed E-state index contributed by atoms with van der Waals surface area (Å²) in [5.41, 5.74) is 0. The zero-order valence-electron chi connectivity index (χ0n) is 9.29. The van der Waals surface area contributed by atoms with E-state index in [4.69, 9.17) is 4.74 Å². The van der Waals surface area contributed by atoms with Gasteiger partial charge in [-0.15, -0.1) is 0 Å². The molecule has 0 bridgehead atoms. The zero-order chi connectivity index (χ0) is 10.4. The molecule has 0 aromatic carbocycles. The number of rotatable bonds is 3. The second-order valence-corrected chi connectivity index (χ2v) is 3.78. The average Bonchev–Trinajstić information content (AvgIpc) is 2.21. The zero-order valence-corrected chi connectivity index (χ0v) is 9.29. The molecule has 1 saturated carbocycles. The molecule has 0 unspecified atom stereocenters. The third kappa shape index (κ3) is 2.89. The minimum atomic E-state index is -0.137. The lowest BCUT2D eigenvalue weighted by Crippen LogP contribution is -2.41. The first kappa shape index (κ1) is 11.3. The van der Waals surface area contributed by atoms with Crippen LogP contribution in [0.2, 0.25) is 0 Å². The second-order valence-electron chi connectivity index (χ2n) is 3.78. The topological polar surface area (TPSA) is 29.5 Å². The van der Waals surface area contributed by atoms with E-state index in [0.29, 0.717) is 12.6 Å². The largest absolute Gasteiger partial charge is 0.450 e. The maximum absolute atomic E-state index is 11.6. The van der Waals surface area contributed by atoms with Crippen molar-refractivity contribution in [3.8, 4) is 0 Å². The van der Waals surface area contributed by atoms with Crippen LogP contribution >= 0.6 is 0 Å². The fourth-order valence-electron chi connectivity index (χ4n) is 2.14. The van der Waals surface area contributed by atoms with Gasteiger partial charge < -0.3 is 9.64 Å². The number of ether oxygens (including phenoxy) is 1. The van der Waals surface area contributed by atoms with Crippen LogP contribution in [-0.2, 0) is 4.74 Å². The van der Waals surface area contributed by atoms with E-state index in [-0.39, 0.29) is 6.09 Å². The van der Waals surface area contributed by atoms with E-state index in [1.54, 1.807) is 0 Å². The van der Waals surface area contributed by atoms with Crippen molar-refractivity contribution in [2.24, 2.45) is 0 Å². The van der Waals surface area contributed by atoms with Crippen LogP contribution in [0.15, 0.2) is 0 Å². The van der Waals surface area contributed by atoms with E-state index in [2.05, 4.69) is 0 Å². The quantitative estimate of drug-likeness (QED) is 0.699. The first-order chi connectivity index (χ1) is 6.79. The van der Waals surface area contributed by atoms with Crippen molar-refractivity contribution >= 4 is 6.09 Å². The smallest absolute Gasteiger partial charge is 0.409 e. The van der Waals surface area contributed by atoms with Crippen LogP contribution in [0.25, 0.3) is 0 Å². The summed E-state index contributed by atoms with van der Waals surface area (Å²) in [4.78, 5) is 13.5. The fraction of sp³-hybridized carbons (Fsp3) is 0.909. The molecule has 0 aromatic heterocycles. The Bertz CT molecular complexity index is 176. The molecule has 1 amide bonds. The lowest BCUT2D eigenvalue weighted by atomic mass is 9.94. The minimum absolute atomic E-state index is 0.137. The summed E-state index contributed by atoms with van der Waals surface area (Å²) in [7, 11) is 0. The summed E-state index contributed by atoms with van der Waals surface area (Å²) >= 11 is 0. The highest BCUT2D eigenvalue weighted by atomic mass is 16.6. The average molecular weight is 199 g/mol. The third-order valence-electron chi connectivity index (χ3n) is 2.86. The Labute approximate surface area is 86.4 Å². The SMILES string of the molecule is CCOC(=O)N(CC)C1CCCCC1. The Morgan fingerprint density at radius 2 is 1.93 bits per heavy atom. The summed E-state index contributed by atoms with van der Waals surface area (Å²) in [6.07, 6.45) is 5.97. The van der Waals surface area contributed by atoms with Crippen LogP contribution in [0.1, 0.15) is 46.0 Å². The second kappa shape index (κ2) is 5.89. The molecule has 1 fully saturated rings. The Morgan fingerprint density at radius 3 is 2.43 bits per heavy atom. The molecule has 0 spiro atoms. The van der Waals surface area contributed by atoms with Crippen molar-refractivity contribution in [1.29, 1.82) is 0 Å². The van der Waals surface area contributed by atoms with E-state index >= 15 is 0 Å². The molecule has 1 aliphatic rings. The van der Waals surface area contributed by atoms with Crippen molar-refractivity contribution in [2.45, 2.75) is 52.0 Å². The van der Waals surface area contributed by atoms with Gasteiger partial charge in [-0.25, -0.2) is 4.79 Å². The molecule has 3 nitrogen and oxygen atoms in total. The molecule has 0 aliphatic heterocycles. The van der Waals surface area contributed by atoms with E-state index in [1.807, 2.05) is 18.7 Å². The fourth-order valence-corrected chi connectivity index (χ4v) is 2.14. The predicted octanol–water partition coefficient (Wildman–Crippen LogP) is 2.80. The highest BCUT2D eigenvalue weighted by molar-refractivity contribution is 5.67. The molecule has 82 valence electrons. The molecule has 0 radical (unpaired) electrons. The summed E-state index contributed by atoms with van der Waals surface area (Å²) < 4.78 is 5.04. The van der Waals surface area contributed by atoms with Crippen LogP contribution in [0.5, 0.6) is 0 Å². The number of carbonyl (C=O) groups excluding carboxylic acids is 1.